The van der Waals surface area contributed by atoms with Crippen LogP contribution in [0.2, 0.25) is 0 Å². The number of thiophene rings is 1. The molecule has 5 nitrogen and oxygen atoms in total. The Morgan fingerprint density at radius 1 is 1.55 bits per heavy atom. The Morgan fingerprint density at radius 3 is 2.90 bits per heavy atom. The predicted molar refractivity (Wildman–Crippen MR) is 79.3 cm³/mol. The summed E-state index contributed by atoms with van der Waals surface area (Å²) in [6.07, 6.45) is 3.37. The van der Waals surface area contributed by atoms with Crippen LogP contribution in [-0.4, -0.2) is 21.0 Å². The van der Waals surface area contributed by atoms with Crippen molar-refractivity contribution in [3.63, 3.8) is 0 Å². The molecule has 1 unspecified atom stereocenters. The first-order chi connectivity index (χ1) is 9.61. The van der Waals surface area contributed by atoms with Crippen LogP contribution in [0.15, 0.2) is 23.7 Å². The summed E-state index contributed by atoms with van der Waals surface area (Å²) >= 11 is 1.69. The van der Waals surface area contributed by atoms with E-state index >= 15 is 0 Å². The molecule has 0 aliphatic rings. The number of rotatable bonds is 6. The van der Waals surface area contributed by atoms with Crippen molar-refractivity contribution in [3.8, 4) is 0 Å². The van der Waals surface area contributed by atoms with Crippen LogP contribution in [0, 0.1) is 6.92 Å². The molecule has 6 heteroatoms. The van der Waals surface area contributed by atoms with Gasteiger partial charge in [-0.25, -0.2) is 14.8 Å². The van der Waals surface area contributed by atoms with Gasteiger partial charge in [0.25, 0.3) is 0 Å². The molecule has 0 fully saturated rings. The highest BCUT2D eigenvalue weighted by Gasteiger charge is 2.15. The molecule has 0 spiro atoms. The zero-order valence-electron chi connectivity index (χ0n) is 11.5. The fourth-order valence-corrected chi connectivity index (χ4v) is 2.78. The molecule has 2 aromatic rings. The van der Waals surface area contributed by atoms with Crippen LogP contribution < -0.4 is 5.32 Å². The summed E-state index contributed by atoms with van der Waals surface area (Å²) in [6.45, 7) is 3.80. The summed E-state index contributed by atoms with van der Waals surface area (Å²) in [6, 6.07) is 4.26. The van der Waals surface area contributed by atoms with Gasteiger partial charge in [-0.1, -0.05) is 19.4 Å². The van der Waals surface area contributed by atoms with Gasteiger partial charge in [0.15, 0.2) is 0 Å². The normalized spacial score (nSPS) is 12.1. The Kier molecular flexibility index (Phi) is 4.68. The second-order valence-electron chi connectivity index (χ2n) is 4.50. The van der Waals surface area contributed by atoms with Crippen molar-refractivity contribution < 1.29 is 9.90 Å². The number of nitrogens with zero attached hydrogens (tertiary/aromatic N) is 2. The van der Waals surface area contributed by atoms with Gasteiger partial charge >= 0.3 is 5.97 Å². The molecule has 20 heavy (non-hydrogen) atoms. The number of nitrogens with one attached hydrogen (secondary N) is 1. The lowest BCUT2D eigenvalue weighted by Gasteiger charge is -2.17. The maximum Gasteiger partial charge on any atom is 0.339 e. The lowest BCUT2D eigenvalue weighted by Crippen LogP contribution is -2.13. The number of aromatic nitrogens is 2. The Hall–Kier alpha value is -1.95. The molecule has 0 aliphatic carbocycles. The molecule has 0 bridgehead atoms. The van der Waals surface area contributed by atoms with Crippen molar-refractivity contribution in [1.29, 1.82) is 0 Å². The molecule has 0 aromatic carbocycles. The Bertz CT molecular complexity index is 584. The molecular formula is C14H17N3O2S. The summed E-state index contributed by atoms with van der Waals surface area (Å²) < 4.78 is 0. The molecule has 0 amide bonds. The zero-order chi connectivity index (χ0) is 14.5. The molecule has 0 saturated heterocycles. The van der Waals surface area contributed by atoms with Crippen LogP contribution in [0.25, 0.3) is 0 Å². The molecule has 2 aromatic heterocycles. The van der Waals surface area contributed by atoms with Crippen molar-refractivity contribution in [2.75, 3.05) is 5.32 Å². The van der Waals surface area contributed by atoms with Crippen molar-refractivity contribution in [2.45, 2.75) is 32.7 Å². The maximum atomic E-state index is 10.9. The van der Waals surface area contributed by atoms with Crippen LogP contribution in [-0.2, 0) is 0 Å². The van der Waals surface area contributed by atoms with Crippen LogP contribution in [0.1, 0.15) is 46.7 Å². The number of carboxylic acids is 1. The molecule has 0 saturated carbocycles. The fraction of sp³-hybridized carbons (Fsp3) is 0.357. The van der Waals surface area contributed by atoms with Gasteiger partial charge in [-0.3, -0.25) is 0 Å². The van der Waals surface area contributed by atoms with Crippen LogP contribution in [0.3, 0.4) is 0 Å². The van der Waals surface area contributed by atoms with Crippen molar-refractivity contribution in [3.05, 3.63) is 39.8 Å². The molecule has 1 atom stereocenters. The number of hydrogen-bond donors (Lipinski definition) is 2. The zero-order valence-corrected chi connectivity index (χ0v) is 12.3. The van der Waals surface area contributed by atoms with Gasteiger partial charge in [0.05, 0.1) is 17.3 Å². The average molecular weight is 291 g/mol. The maximum absolute atomic E-state index is 10.9. The van der Waals surface area contributed by atoms with E-state index in [4.69, 9.17) is 5.11 Å². The van der Waals surface area contributed by atoms with Crippen molar-refractivity contribution >= 4 is 23.3 Å². The smallest absolute Gasteiger partial charge is 0.339 e. The van der Waals surface area contributed by atoms with Gasteiger partial charge in [0, 0.05) is 11.1 Å². The third kappa shape index (κ3) is 3.33. The van der Waals surface area contributed by atoms with E-state index < -0.39 is 5.97 Å². The fourth-order valence-electron chi connectivity index (χ4n) is 1.97. The highest BCUT2D eigenvalue weighted by molar-refractivity contribution is 7.10. The lowest BCUT2D eigenvalue weighted by atomic mass is 10.1. The summed E-state index contributed by atoms with van der Waals surface area (Å²) in [5.74, 6) is -0.531. The standard InChI is InChI=1S/C14H17N3O2S/c1-3-5-11(12-6-4-7-20-12)17-14-15-8-10(13(18)19)9(2)16-14/h4,6-8,11H,3,5H2,1-2H3,(H,18,19)(H,15,16,17). The first-order valence-corrected chi connectivity index (χ1v) is 7.36. The quantitative estimate of drug-likeness (QED) is 0.852. The van der Waals surface area contributed by atoms with Gasteiger partial charge in [0.1, 0.15) is 0 Å². The van der Waals surface area contributed by atoms with E-state index in [2.05, 4.69) is 28.3 Å². The van der Waals surface area contributed by atoms with E-state index in [1.165, 1.54) is 11.1 Å². The largest absolute Gasteiger partial charge is 0.478 e. The van der Waals surface area contributed by atoms with Gasteiger partial charge < -0.3 is 10.4 Å². The number of carbonyl (C=O) groups is 1. The third-order valence-corrected chi connectivity index (χ3v) is 3.96. The minimum atomic E-state index is -1.00. The second kappa shape index (κ2) is 6.47. The number of aryl methyl sites for hydroxylation is 1. The number of carboxylic acid groups (broad SMARTS) is 1. The molecule has 0 radical (unpaired) electrons. The molecule has 2 heterocycles. The number of hydrogen-bond acceptors (Lipinski definition) is 5. The average Bonchev–Trinajstić information content (AvgIpc) is 2.91. The van der Waals surface area contributed by atoms with Crippen LogP contribution in [0.4, 0.5) is 5.95 Å². The molecule has 2 rings (SSSR count). The number of aromatic carboxylic acids is 1. The number of anilines is 1. The molecular weight excluding hydrogens is 274 g/mol. The van der Waals surface area contributed by atoms with E-state index in [-0.39, 0.29) is 11.6 Å². The van der Waals surface area contributed by atoms with Crippen LogP contribution >= 0.6 is 11.3 Å². The lowest BCUT2D eigenvalue weighted by molar-refractivity contribution is 0.0695. The molecule has 0 aliphatic heterocycles. The van der Waals surface area contributed by atoms with E-state index in [9.17, 15) is 4.79 Å². The molecule has 2 N–H and O–H groups in total. The Labute approximate surface area is 121 Å². The van der Waals surface area contributed by atoms with Crippen molar-refractivity contribution in [2.24, 2.45) is 0 Å². The highest BCUT2D eigenvalue weighted by Crippen LogP contribution is 2.26. The Morgan fingerprint density at radius 2 is 2.35 bits per heavy atom. The SMILES string of the molecule is CCCC(Nc1ncc(C(=O)O)c(C)n1)c1cccs1. The molecule has 106 valence electrons. The first kappa shape index (κ1) is 14.5. The van der Waals surface area contributed by atoms with Crippen LogP contribution in [0.5, 0.6) is 0 Å². The minimum Gasteiger partial charge on any atom is -0.478 e. The summed E-state index contributed by atoms with van der Waals surface area (Å²) in [7, 11) is 0. The summed E-state index contributed by atoms with van der Waals surface area (Å²) in [4.78, 5) is 20.5. The predicted octanol–water partition coefficient (Wildman–Crippen LogP) is 3.50. The van der Waals surface area contributed by atoms with E-state index in [0.29, 0.717) is 11.6 Å². The van der Waals surface area contributed by atoms with E-state index in [0.717, 1.165) is 12.8 Å². The summed E-state index contributed by atoms with van der Waals surface area (Å²) in [5, 5.41) is 14.3. The monoisotopic (exact) mass is 291 g/mol. The van der Waals surface area contributed by atoms with Gasteiger partial charge in [-0.2, -0.15) is 0 Å². The summed E-state index contributed by atoms with van der Waals surface area (Å²) in [5.41, 5.74) is 0.607. The Balaban J connectivity index is 2.19. The second-order valence-corrected chi connectivity index (χ2v) is 5.48. The van der Waals surface area contributed by atoms with Gasteiger partial charge in [-0.05, 0) is 24.8 Å². The highest BCUT2D eigenvalue weighted by atomic mass is 32.1. The minimum absolute atomic E-state index is 0.138. The first-order valence-electron chi connectivity index (χ1n) is 6.48. The topological polar surface area (TPSA) is 75.1 Å². The van der Waals surface area contributed by atoms with Crippen molar-refractivity contribution in [1.82, 2.24) is 9.97 Å². The van der Waals surface area contributed by atoms with E-state index in [1.54, 1.807) is 18.3 Å². The third-order valence-electron chi connectivity index (χ3n) is 2.98. The van der Waals surface area contributed by atoms with E-state index in [1.807, 2.05) is 11.4 Å². The van der Waals surface area contributed by atoms with Gasteiger partial charge in [0.2, 0.25) is 5.95 Å². The van der Waals surface area contributed by atoms with Gasteiger partial charge in [-0.15, -0.1) is 11.3 Å².